The number of hydrogen-bond acceptors (Lipinski definition) is 3. The summed E-state index contributed by atoms with van der Waals surface area (Å²) in [5.74, 6) is -1.10. The number of halogens is 1. The highest BCUT2D eigenvalue weighted by molar-refractivity contribution is 9.10. The van der Waals surface area contributed by atoms with Gasteiger partial charge in [-0.3, -0.25) is 10.1 Å². The third-order valence-corrected chi connectivity index (χ3v) is 2.32. The lowest BCUT2D eigenvalue weighted by Crippen LogP contribution is -1.90. The number of hydrogen-bond donors (Lipinski definition) is 1. The van der Waals surface area contributed by atoms with Gasteiger partial charge in [0.05, 0.1) is 4.92 Å². The Labute approximate surface area is 93.3 Å². The zero-order valence-electron chi connectivity index (χ0n) is 7.38. The van der Waals surface area contributed by atoms with Gasteiger partial charge in [-0.2, -0.15) is 0 Å². The Kier molecular flexibility index (Phi) is 3.56. The van der Waals surface area contributed by atoms with Gasteiger partial charge in [0.1, 0.15) is 0 Å². The molecule has 0 unspecified atom stereocenters. The number of carboxylic acids is 1. The molecule has 0 spiro atoms. The quantitative estimate of drug-likeness (QED) is 0.520. The van der Waals surface area contributed by atoms with Crippen LogP contribution in [0.2, 0.25) is 0 Å². The summed E-state index contributed by atoms with van der Waals surface area (Å²) in [6, 6.07) is 4.13. The minimum absolute atomic E-state index is 0.0803. The molecule has 6 heteroatoms. The summed E-state index contributed by atoms with van der Waals surface area (Å²) in [6.45, 7) is 0. The van der Waals surface area contributed by atoms with E-state index in [9.17, 15) is 14.9 Å². The van der Waals surface area contributed by atoms with Gasteiger partial charge in [-0.1, -0.05) is 15.9 Å². The number of nitro benzene ring substituents is 1. The number of non-ortho nitro benzene ring substituents is 1. The van der Waals surface area contributed by atoms with Gasteiger partial charge in [-0.25, -0.2) is 4.79 Å². The minimum Gasteiger partial charge on any atom is -0.478 e. The van der Waals surface area contributed by atoms with Crippen LogP contribution < -0.4 is 0 Å². The van der Waals surface area contributed by atoms with Crippen molar-refractivity contribution in [3.63, 3.8) is 0 Å². The van der Waals surface area contributed by atoms with Crippen molar-refractivity contribution < 1.29 is 14.8 Å². The molecule has 0 saturated heterocycles. The molecule has 0 bridgehead atoms. The van der Waals surface area contributed by atoms with Crippen molar-refractivity contribution >= 4 is 33.7 Å². The average Bonchev–Trinajstić information content (AvgIpc) is 2.16. The summed E-state index contributed by atoms with van der Waals surface area (Å²) in [5, 5.41) is 18.9. The molecule has 0 atom stereocenters. The molecule has 0 saturated carbocycles. The first-order valence-corrected chi connectivity index (χ1v) is 4.65. The van der Waals surface area contributed by atoms with Gasteiger partial charge in [0, 0.05) is 22.7 Å². The Hall–Kier alpha value is -1.69. The fourth-order valence-corrected chi connectivity index (χ4v) is 1.31. The van der Waals surface area contributed by atoms with E-state index in [0.29, 0.717) is 10.0 Å². The van der Waals surface area contributed by atoms with Crippen molar-refractivity contribution in [2.24, 2.45) is 0 Å². The zero-order valence-corrected chi connectivity index (χ0v) is 8.97. The van der Waals surface area contributed by atoms with E-state index in [1.807, 2.05) is 0 Å². The maximum absolute atomic E-state index is 10.5. The van der Waals surface area contributed by atoms with Crippen LogP contribution in [0.1, 0.15) is 5.56 Å². The van der Waals surface area contributed by atoms with Crippen LogP contribution in [0.3, 0.4) is 0 Å². The fraction of sp³-hybridized carbons (Fsp3) is 0. The first-order chi connectivity index (χ1) is 7.00. The van der Waals surface area contributed by atoms with Gasteiger partial charge in [0.15, 0.2) is 0 Å². The number of rotatable bonds is 3. The molecule has 0 fully saturated rings. The number of carbonyl (C=O) groups is 1. The van der Waals surface area contributed by atoms with E-state index < -0.39 is 10.9 Å². The normalized spacial score (nSPS) is 10.5. The highest BCUT2D eigenvalue weighted by atomic mass is 79.9. The van der Waals surface area contributed by atoms with E-state index >= 15 is 0 Å². The number of aliphatic carboxylic acids is 1. The predicted molar refractivity (Wildman–Crippen MR) is 57.5 cm³/mol. The standard InChI is InChI=1S/C9H6BrNO4/c10-8-3-2-7(11(14)15)5-6(8)1-4-9(12)13/h1-5H,(H,12,13)/b4-1+. The van der Waals surface area contributed by atoms with E-state index in [0.717, 1.165) is 6.08 Å². The van der Waals surface area contributed by atoms with E-state index in [2.05, 4.69) is 15.9 Å². The van der Waals surface area contributed by atoms with Crippen LogP contribution in [0.4, 0.5) is 5.69 Å². The molecule has 0 aromatic heterocycles. The summed E-state index contributed by atoms with van der Waals surface area (Å²) >= 11 is 3.16. The number of benzene rings is 1. The van der Waals surface area contributed by atoms with Gasteiger partial charge in [-0.15, -0.1) is 0 Å². The molecular weight excluding hydrogens is 266 g/mol. The lowest BCUT2D eigenvalue weighted by Gasteiger charge is -1.97. The molecule has 1 aromatic carbocycles. The Morgan fingerprint density at radius 3 is 2.73 bits per heavy atom. The van der Waals surface area contributed by atoms with Crippen molar-refractivity contribution in [2.45, 2.75) is 0 Å². The van der Waals surface area contributed by atoms with Crippen LogP contribution in [0, 0.1) is 10.1 Å². The Balaban J connectivity index is 3.11. The van der Waals surface area contributed by atoms with Gasteiger partial charge >= 0.3 is 5.97 Å². The van der Waals surface area contributed by atoms with Gasteiger partial charge in [0.25, 0.3) is 5.69 Å². The maximum atomic E-state index is 10.5. The van der Waals surface area contributed by atoms with Crippen LogP contribution in [0.25, 0.3) is 6.08 Å². The highest BCUT2D eigenvalue weighted by Crippen LogP contribution is 2.23. The Morgan fingerprint density at radius 1 is 1.53 bits per heavy atom. The molecule has 78 valence electrons. The number of nitrogens with zero attached hydrogens (tertiary/aromatic N) is 1. The zero-order chi connectivity index (χ0) is 11.4. The largest absolute Gasteiger partial charge is 0.478 e. The number of carboxylic acid groups (broad SMARTS) is 1. The minimum atomic E-state index is -1.10. The molecule has 0 amide bonds. The summed E-state index contributed by atoms with van der Waals surface area (Å²) < 4.78 is 0.602. The second kappa shape index (κ2) is 4.70. The van der Waals surface area contributed by atoms with E-state index in [1.54, 1.807) is 0 Å². The lowest BCUT2D eigenvalue weighted by molar-refractivity contribution is -0.384. The first-order valence-electron chi connectivity index (χ1n) is 3.85. The van der Waals surface area contributed by atoms with Crippen LogP contribution in [-0.4, -0.2) is 16.0 Å². The Bertz CT molecular complexity index is 442. The molecule has 0 aliphatic carbocycles. The van der Waals surface area contributed by atoms with Crippen LogP contribution >= 0.6 is 15.9 Å². The van der Waals surface area contributed by atoms with Gasteiger partial charge in [0.2, 0.25) is 0 Å². The monoisotopic (exact) mass is 271 g/mol. The molecule has 0 heterocycles. The number of nitro groups is 1. The third kappa shape index (κ3) is 3.17. The van der Waals surface area contributed by atoms with Gasteiger partial charge < -0.3 is 5.11 Å². The van der Waals surface area contributed by atoms with Crippen molar-refractivity contribution in [3.05, 3.63) is 44.4 Å². The summed E-state index contributed by atoms with van der Waals surface area (Å²) in [4.78, 5) is 20.2. The molecule has 5 nitrogen and oxygen atoms in total. The van der Waals surface area contributed by atoms with Crippen LogP contribution in [0.5, 0.6) is 0 Å². The van der Waals surface area contributed by atoms with Crippen molar-refractivity contribution in [1.29, 1.82) is 0 Å². The average molecular weight is 272 g/mol. The van der Waals surface area contributed by atoms with Crippen molar-refractivity contribution in [1.82, 2.24) is 0 Å². The van der Waals surface area contributed by atoms with E-state index in [1.165, 1.54) is 24.3 Å². The molecule has 0 radical (unpaired) electrons. The lowest BCUT2D eigenvalue weighted by atomic mass is 10.2. The topological polar surface area (TPSA) is 80.4 Å². The molecular formula is C9H6BrNO4. The molecule has 0 aliphatic heterocycles. The summed E-state index contributed by atoms with van der Waals surface area (Å²) in [5.41, 5.74) is 0.370. The summed E-state index contributed by atoms with van der Waals surface area (Å²) in [6.07, 6.45) is 2.21. The van der Waals surface area contributed by atoms with Crippen LogP contribution in [0.15, 0.2) is 28.7 Å². The fourth-order valence-electron chi connectivity index (χ4n) is 0.933. The van der Waals surface area contributed by atoms with Crippen molar-refractivity contribution in [2.75, 3.05) is 0 Å². The summed E-state index contributed by atoms with van der Waals surface area (Å²) in [7, 11) is 0. The first kappa shape index (κ1) is 11.4. The third-order valence-electron chi connectivity index (χ3n) is 1.60. The predicted octanol–water partition coefficient (Wildman–Crippen LogP) is 2.46. The highest BCUT2D eigenvalue weighted by Gasteiger charge is 2.07. The van der Waals surface area contributed by atoms with Crippen molar-refractivity contribution in [3.8, 4) is 0 Å². The molecule has 0 aliphatic rings. The van der Waals surface area contributed by atoms with E-state index in [4.69, 9.17) is 5.11 Å². The second-order valence-electron chi connectivity index (χ2n) is 2.63. The Morgan fingerprint density at radius 2 is 2.20 bits per heavy atom. The maximum Gasteiger partial charge on any atom is 0.328 e. The SMILES string of the molecule is O=C(O)/C=C/c1cc([N+](=O)[O-])ccc1Br. The molecule has 1 aromatic rings. The molecule has 1 rings (SSSR count). The van der Waals surface area contributed by atoms with Crippen LogP contribution in [-0.2, 0) is 4.79 Å². The van der Waals surface area contributed by atoms with E-state index in [-0.39, 0.29) is 5.69 Å². The smallest absolute Gasteiger partial charge is 0.328 e. The van der Waals surface area contributed by atoms with Gasteiger partial charge in [-0.05, 0) is 17.7 Å². The molecule has 1 N–H and O–H groups in total. The molecule has 15 heavy (non-hydrogen) atoms. The second-order valence-corrected chi connectivity index (χ2v) is 3.49.